The Labute approximate surface area is 118 Å². The Bertz CT molecular complexity index is 419. The second kappa shape index (κ2) is 8.96. The van der Waals surface area contributed by atoms with Crippen molar-refractivity contribution in [2.45, 2.75) is 26.2 Å². The first-order valence-electron chi connectivity index (χ1n) is 6.77. The maximum atomic E-state index is 11.5. The molecule has 5 nitrogen and oxygen atoms in total. The summed E-state index contributed by atoms with van der Waals surface area (Å²) in [4.78, 5) is 22.1. The van der Waals surface area contributed by atoms with Gasteiger partial charge in [-0.15, -0.1) is 0 Å². The number of aliphatic carboxylic acids is 1. The lowest BCUT2D eigenvalue weighted by Crippen LogP contribution is -2.27. The third kappa shape index (κ3) is 6.78. The van der Waals surface area contributed by atoms with E-state index in [4.69, 9.17) is 9.84 Å². The highest BCUT2D eigenvalue weighted by Gasteiger charge is 2.10. The Morgan fingerprint density at radius 2 is 2.00 bits per heavy atom. The monoisotopic (exact) mass is 279 g/mol. The predicted octanol–water partition coefficient (Wildman–Crippen LogP) is 2.07. The van der Waals surface area contributed by atoms with Crippen LogP contribution >= 0.6 is 0 Å². The fraction of sp³-hybridized carbons (Fsp3) is 0.467. The first-order valence-corrected chi connectivity index (χ1v) is 6.77. The highest BCUT2D eigenvalue weighted by Crippen LogP contribution is 2.08. The van der Waals surface area contributed by atoms with Gasteiger partial charge in [0.25, 0.3) is 0 Å². The minimum absolute atomic E-state index is 0.0701. The van der Waals surface area contributed by atoms with Crippen LogP contribution in [-0.4, -0.2) is 30.1 Å². The van der Waals surface area contributed by atoms with E-state index in [1.807, 2.05) is 30.3 Å². The van der Waals surface area contributed by atoms with Crippen LogP contribution in [0.25, 0.3) is 0 Å². The largest absolute Gasteiger partial charge is 0.494 e. The van der Waals surface area contributed by atoms with Gasteiger partial charge in [-0.3, -0.25) is 9.59 Å². The maximum absolute atomic E-state index is 11.5. The number of carboxylic acid groups (broad SMARTS) is 1. The molecule has 1 unspecified atom stereocenters. The van der Waals surface area contributed by atoms with E-state index < -0.39 is 11.9 Å². The smallest absolute Gasteiger partial charge is 0.306 e. The molecule has 0 bridgehead atoms. The molecule has 20 heavy (non-hydrogen) atoms. The number of carboxylic acids is 1. The van der Waals surface area contributed by atoms with Crippen LogP contribution in [0, 0.1) is 5.92 Å². The van der Waals surface area contributed by atoms with Gasteiger partial charge in [-0.2, -0.15) is 0 Å². The van der Waals surface area contributed by atoms with Crippen molar-refractivity contribution in [2.75, 3.05) is 13.2 Å². The van der Waals surface area contributed by atoms with Crippen LogP contribution in [-0.2, 0) is 9.59 Å². The summed E-state index contributed by atoms with van der Waals surface area (Å²) in [5, 5.41) is 11.4. The van der Waals surface area contributed by atoms with Crippen LogP contribution in [0.1, 0.15) is 26.2 Å². The van der Waals surface area contributed by atoms with E-state index in [2.05, 4.69) is 5.32 Å². The van der Waals surface area contributed by atoms with Gasteiger partial charge in [0.05, 0.1) is 12.5 Å². The molecule has 1 aromatic rings. The molecule has 0 heterocycles. The van der Waals surface area contributed by atoms with Crippen molar-refractivity contribution in [2.24, 2.45) is 5.92 Å². The van der Waals surface area contributed by atoms with Gasteiger partial charge < -0.3 is 15.2 Å². The van der Waals surface area contributed by atoms with E-state index >= 15 is 0 Å². The lowest BCUT2D eigenvalue weighted by molar-refractivity contribution is -0.141. The van der Waals surface area contributed by atoms with Gasteiger partial charge in [-0.1, -0.05) is 25.1 Å². The first kappa shape index (κ1) is 16.0. The van der Waals surface area contributed by atoms with Crippen LogP contribution in [0.5, 0.6) is 5.75 Å². The molecule has 1 rings (SSSR count). The maximum Gasteiger partial charge on any atom is 0.306 e. The zero-order chi connectivity index (χ0) is 14.8. The Hall–Kier alpha value is -2.04. The minimum Gasteiger partial charge on any atom is -0.494 e. The van der Waals surface area contributed by atoms with Crippen molar-refractivity contribution >= 4 is 11.9 Å². The highest BCUT2D eigenvalue weighted by atomic mass is 16.5. The van der Waals surface area contributed by atoms with Crippen molar-refractivity contribution in [3.05, 3.63) is 30.3 Å². The molecule has 1 aromatic carbocycles. The van der Waals surface area contributed by atoms with Crippen LogP contribution < -0.4 is 10.1 Å². The number of hydrogen-bond acceptors (Lipinski definition) is 3. The molecule has 0 radical (unpaired) electrons. The third-order valence-corrected chi connectivity index (χ3v) is 2.88. The Kier molecular flexibility index (Phi) is 7.17. The van der Waals surface area contributed by atoms with Gasteiger partial charge >= 0.3 is 5.97 Å². The quantitative estimate of drug-likeness (QED) is 0.679. The first-order chi connectivity index (χ1) is 9.59. The molecule has 5 heteroatoms. The zero-order valence-corrected chi connectivity index (χ0v) is 11.7. The molecule has 0 aliphatic rings. The topological polar surface area (TPSA) is 75.6 Å². The molecule has 0 aromatic heterocycles. The van der Waals surface area contributed by atoms with Gasteiger partial charge in [0.2, 0.25) is 5.91 Å². The second-order valence-electron chi connectivity index (χ2n) is 4.64. The van der Waals surface area contributed by atoms with Crippen molar-refractivity contribution < 1.29 is 19.4 Å². The number of benzene rings is 1. The normalized spacial score (nSPS) is 11.7. The van der Waals surface area contributed by atoms with Crippen molar-refractivity contribution in [1.29, 1.82) is 0 Å². The van der Waals surface area contributed by atoms with Gasteiger partial charge in [0.15, 0.2) is 0 Å². The standard InChI is InChI=1S/C15H21NO4/c1-12(15(18)19)9-10-16-14(17)8-5-11-20-13-6-3-2-4-7-13/h2-4,6-7,12H,5,8-11H2,1H3,(H,16,17)(H,18,19). The molecular formula is C15H21NO4. The molecule has 1 amide bonds. The number of nitrogens with one attached hydrogen (secondary N) is 1. The lowest BCUT2D eigenvalue weighted by atomic mass is 10.1. The van der Waals surface area contributed by atoms with E-state index in [0.29, 0.717) is 32.4 Å². The molecule has 0 saturated carbocycles. The summed E-state index contributed by atoms with van der Waals surface area (Å²) in [5.41, 5.74) is 0. The van der Waals surface area contributed by atoms with Crippen LogP contribution in [0.2, 0.25) is 0 Å². The van der Waals surface area contributed by atoms with Crippen LogP contribution in [0.4, 0.5) is 0 Å². The minimum atomic E-state index is -0.837. The molecule has 110 valence electrons. The van der Waals surface area contributed by atoms with Gasteiger partial charge in [0.1, 0.15) is 5.75 Å². The van der Waals surface area contributed by atoms with Crippen LogP contribution in [0.15, 0.2) is 30.3 Å². The summed E-state index contributed by atoms with van der Waals surface area (Å²) in [6.45, 7) is 2.51. The fourth-order valence-electron chi connectivity index (χ4n) is 1.58. The fourth-order valence-corrected chi connectivity index (χ4v) is 1.58. The molecule has 0 fully saturated rings. The van der Waals surface area contributed by atoms with Gasteiger partial charge in [-0.05, 0) is 25.0 Å². The van der Waals surface area contributed by atoms with E-state index in [0.717, 1.165) is 5.75 Å². The summed E-state index contributed by atoms with van der Waals surface area (Å²) in [6.07, 6.45) is 1.46. The summed E-state index contributed by atoms with van der Waals surface area (Å²) >= 11 is 0. The molecule has 0 spiro atoms. The molecule has 0 saturated heterocycles. The number of ether oxygens (including phenoxy) is 1. The number of hydrogen-bond donors (Lipinski definition) is 2. The number of para-hydroxylation sites is 1. The molecule has 1 atom stereocenters. The van der Waals surface area contributed by atoms with Crippen molar-refractivity contribution in [3.8, 4) is 5.75 Å². The molecule has 0 aliphatic heterocycles. The predicted molar refractivity (Wildman–Crippen MR) is 75.6 cm³/mol. The Morgan fingerprint density at radius 1 is 1.30 bits per heavy atom. The van der Waals surface area contributed by atoms with Gasteiger partial charge in [0, 0.05) is 13.0 Å². The highest BCUT2D eigenvalue weighted by molar-refractivity contribution is 5.76. The van der Waals surface area contributed by atoms with Crippen LogP contribution in [0.3, 0.4) is 0 Å². The molecule has 2 N–H and O–H groups in total. The van der Waals surface area contributed by atoms with E-state index in [1.165, 1.54) is 0 Å². The zero-order valence-electron chi connectivity index (χ0n) is 11.7. The Morgan fingerprint density at radius 3 is 2.65 bits per heavy atom. The third-order valence-electron chi connectivity index (χ3n) is 2.88. The number of carbonyl (C=O) groups excluding carboxylic acids is 1. The van der Waals surface area contributed by atoms with E-state index in [-0.39, 0.29) is 5.91 Å². The second-order valence-corrected chi connectivity index (χ2v) is 4.64. The number of carbonyl (C=O) groups is 2. The summed E-state index contributed by atoms with van der Waals surface area (Å²) in [7, 11) is 0. The van der Waals surface area contributed by atoms with Crippen molar-refractivity contribution in [1.82, 2.24) is 5.32 Å². The molecular weight excluding hydrogens is 258 g/mol. The summed E-state index contributed by atoms with van der Waals surface area (Å²) in [5.74, 6) is -0.547. The van der Waals surface area contributed by atoms with E-state index in [9.17, 15) is 9.59 Å². The summed E-state index contributed by atoms with van der Waals surface area (Å²) in [6, 6.07) is 9.44. The summed E-state index contributed by atoms with van der Waals surface area (Å²) < 4.78 is 5.47. The SMILES string of the molecule is CC(CCNC(=O)CCCOc1ccccc1)C(=O)O. The lowest BCUT2D eigenvalue weighted by Gasteiger charge is -2.08. The average Bonchev–Trinajstić information content (AvgIpc) is 2.44. The van der Waals surface area contributed by atoms with Crippen molar-refractivity contribution in [3.63, 3.8) is 0 Å². The number of amides is 1. The van der Waals surface area contributed by atoms with Gasteiger partial charge in [-0.25, -0.2) is 0 Å². The molecule has 0 aliphatic carbocycles. The van der Waals surface area contributed by atoms with E-state index in [1.54, 1.807) is 6.92 Å². The number of rotatable bonds is 9. The Balaban J connectivity index is 2.04. The average molecular weight is 279 g/mol.